The van der Waals surface area contributed by atoms with E-state index in [-0.39, 0.29) is 12.2 Å². The maximum atomic E-state index is 12.8. The molecule has 0 radical (unpaired) electrons. The number of aryl methyl sites for hydroxylation is 2. The number of ether oxygens (including phenoxy) is 1. The van der Waals surface area contributed by atoms with Crippen molar-refractivity contribution in [3.63, 3.8) is 0 Å². The van der Waals surface area contributed by atoms with Gasteiger partial charge < -0.3 is 14.5 Å². The smallest absolute Gasteiger partial charge is 0.341 e. The van der Waals surface area contributed by atoms with Gasteiger partial charge in [-0.2, -0.15) is 5.26 Å². The van der Waals surface area contributed by atoms with Gasteiger partial charge in [0, 0.05) is 21.0 Å². The summed E-state index contributed by atoms with van der Waals surface area (Å²) < 4.78 is 11.8. The Bertz CT molecular complexity index is 1260. The number of carbonyl (C=O) groups is 2. The molecule has 0 aliphatic rings. The summed E-state index contributed by atoms with van der Waals surface area (Å²) in [5, 5.41) is 12.6. The minimum absolute atomic E-state index is 0.146. The Labute approximate surface area is 198 Å². The Morgan fingerprint density at radius 3 is 2.66 bits per heavy atom. The van der Waals surface area contributed by atoms with Crippen LogP contribution in [0.15, 0.2) is 44.8 Å². The van der Waals surface area contributed by atoms with Gasteiger partial charge in [-0.05, 0) is 63.1 Å². The topological polar surface area (TPSA) is 92.3 Å². The number of anilines is 1. The quantitative estimate of drug-likeness (QED) is 0.233. The SMILES string of the molecule is CCOC(=O)c1c(NC(=O)C(C#N)=Cc2ccc(-c3ccc(C)cc3Br)o2)sc(C)c1C. The fourth-order valence-corrected chi connectivity index (χ4v) is 4.75. The largest absolute Gasteiger partial charge is 0.462 e. The summed E-state index contributed by atoms with van der Waals surface area (Å²) in [6, 6.07) is 11.3. The first-order chi connectivity index (χ1) is 15.2. The number of esters is 1. The van der Waals surface area contributed by atoms with Crippen LogP contribution in [-0.4, -0.2) is 18.5 Å². The van der Waals surface area contributed by atoms with Gasteiger partial charge in [0.05, 0.1) is 12.2 Å². The molecule has 2 aromatic heterocycles. The molecule has 0 bridgehead atoms. The number of rotatable bonds is 6. The number of nitrogens with one attached hydrogen (secondary N) is 1. The molecular weight excluding hydrogens is 492 g/mol. The standard InChI is InChI=1S/C24H21BrN2O4S/c1-5-30-24(29)21-14(3)15(4)32-23(21)27-22(28)16(12-26)11-17-7-9-20(31-17)18-8-6-13(2)10-19(18)25/h6-11H,5H2,1-4H3,(H,27,28). The van der Waals surface area contributed by atoms with Crippen molar-refractivity contribution < 1.29 is 18.7 Å². The number of benzene rings is 1. The zero-order valence-electron chi connectivity index (χ0n) is 18.0. The van der Waals surface area contributed by atoms with Crippen LogP contribution in [0.3, 0.4) is 0 Å². The van der Waals surface area contributed by atoms with Crippen molar-refractivity contribution in [3.05, 3.63) is 67.7 Å². The van der Waals surface area contributed by atoms with E-state index < -0.39 is 11.9 Å². The lowest BCUT2D eigenvalue weighted by Crippen LogP contribution is -2.16. The second-order valence-electron chi connectivity index (χ2n) is 7.02. The van der Waals surface area contributed by atoms with E-state index in [1.165, 1.54) is 17.4 Å². The molecule has 2 heterocycles. The molecule has 0 atom stereocenters. The van der Waals surface area contributed by atoms with Gasteiger partial charge in [0.2, 0.25) is 0 Å². The number of thiophene rings is 1. The summed E-state index contributed by atoms with van der Waals surface area (Å²) in [6.07, 6.45) is 1.37. The minimum Gasteiger partial charge on any atom is -0.462 e. The highest BCUT2D eigenvalue weighted by molar-refractivity contribution is 9.10. The summed E-state index contributed by atoms with van der Waals surface area (Å²) in [5.74, 6) is -0.168. The third-order valence-electron chi connectivity index (χ3n) is 4.76. The lowest BCUT2D eigenvalue weighted by atomic mass is 10.1. The van der Waals surface area contributed by atoms with E-state index in [2.05, 4.69) is 21.2 Å². The highest BCUT2D eigenvalue weighted by Gasteiger charge is 2.23. The van der Waals surface area contributed by atoms with Crippen molar-refractivity contribution in [2.45, 2.75) is 27.7 Å². The number of carbonyl (C=O) groups excluding carboxylic acids is 2. The van der Waals surface area contributed by atoms with Crippen LogP contribution in [-0.2, 0) is 9.53 Å². The third-order valence-corrected chi connectivity index (χ3v) is 6.54. The van der Waals surface area contributed by atoms with Gasteiger partial charge in [-0.3, -0.25) is 4.79 Å². The highest BCUT2D eigenvalue weighted by atomic mass is 79.9. The summed E-state index contributed by atoms with van der Waals surface area (Å²) >= 11 is 4.79. The predicted molar refractivity (Wildman–Crippen MR) is 129 cm³/mol. The van der Waals surface area contributed by atoms with Gasteiger partial charge >= 0.3 is 5.97 Å². The van der Waals surface area contributed by atoms with E-state index >= 15 is 0 Å². The van der Waals surface area contributed by atoms with Crippen molar-refractivity contribution in [1.29, 1.82) is 5.26 Å². The summed E-state index contributed by atoms with van der Waals surface area (Å²) in [5.41, 5.74) is 2.88. The first-order valence-corrected chi connectivity index (χ1v) is 11.4. The first-order valence-electron chi connectivity index (χ1n) is 9.81. The average Bonchev–Trinajstić information content (AvgIpc) is 3.30. The van der Waals surface area contributed by atoms with Crippen LogP contribution in [0, 0.1) is 32.1 Å². The molecule has 1 amide bonds. The number of furan rings is 1. The van der Waals surface area contributed by atoms with Crippen LogP contribution >= 0.6 is 27.3 Å². The monoisotopic (exact) mass is 512 g/mol. The summed E-state index contributed by atoms with van der Waals surface area (Å²) in [7, 11) is 0. The van der Waals surface area contributed by atoms with E-state index in [1.807, 2.05) is 38.1 Å². The van der Waals surface area contributed by atoms with E-state index in [0.717, 1.165) is 26.0 Å². The number of nitrogens with zero attached hydrogens (tertiary/aromatic N) is 1. The Kier molecular flexibility index (Phi) is 7.33. The molecule has 1 N–H and O–H groups in total. The van der Waals surface area contributed by atoms with Crippen molar-refractivity contribution >= 4 is 50.2 Å². The number of hydrogen-bond acceptors (Lipinski definition) is 6. The number of amides is 1. The molecule has 3 aromatic rings. The first kappa shape index (κ1) is 23.5. The zero-order chi connectivity index (χ0) is 23.4. The molecule has 0 saturated carbocycles. The molecule has 0 aliphatic heterocycles. The van der Waals surface area contributed by atoms with Crippen molar-refractivity contribution in [3.8, 4) is 17.4 Å². The molecule has 3 rings (SSSR count). The fraction of sp³-hybridized carbons (Fsp3) is 0.208. The number of hydrogen-bond donors (Lipinski definition) is 1. The van der Waals surface area contributed by atoms with Gasteiger partial charge in [0.1, 0.15) is 28.2 Å². The highest BCUT2D eigenvalue weighted by Crippen LogP contribution is 2.34. The number of nitriles is 1. The van der Waals surface area contributed by atoms with Gasteiger partial charge in [-0.15, -0.1) is 11.3 Å². The Hall–Kier alpha value is -3.15. The third kappa shape index (κ3) is 5.01. The lowest BCUT2D eigenvalue weighted by Gasteiger charge is -2.06. The maximum absolute atomic E-state index is 12.8. The number of halogens is 1. The molecule has 0 saturated heterocycles. The van der Waals surface area contributed by atoms with E-state index in [9.17, 15) is 14.9 Å². The molecule has 6 nitrogen and oxygen atoms in total. The molecule has 0 unspecified atom stereocenters. The normalized spacial score (nSPS) is 11.2. The minimum atomic E-state index is -0.631. The second-order valence-corrected chi connectivity index (χ2v) is 9.10. The molecule has 164 valence electrons. The Balaban J connectivity index is 1.86. The molecule has 8 heteroatoms. The zero-order valence-corrected chi connectivity index (χ0v) is 20.4. The molecule has 32 heavy (non-hydrogen) atoms. The van der Waals surface area contributed by atoms with Crippen LogP contribution in [0.25, 0.3) is 17.4 Å². The predicted octanol–water partition coefficient (Wildman–Crippen LogP) is 6.42. The summed E-state index contributed by atoms with van der Waals surface area (Å²) in [4.78, 5) is 26.0. The van der Waals surface area contributed by atoms with Gasteiger partial charge in [-0.25, -0.2) is 4.79 Å². The van der Waals surface area contributed by atoms with Crippen LogP contribution in [0.4, 0.5) is 5.00 Å². The molecule has 0 fully saturated rings. The van der Waals surface area contributed by atoms with Crippen LogP contribution in [0.5, 0.6) is 0 Å². The van der Waals surface area contributed by atoms with Crippen LogP contribution in [0.1, 0.15) is 39.0 Å². The van der Waals surface area contributed by atoms with E-state index in [4.69, 9.17) is 9.15 Å². The molecule has 0 aliphatic carbocycles. The summed E-state index contributed by atoms with van der Waals surface area (Å²) in [6.45, 7) is 7.58. The second kappa shape index (κ2) is 9.98. The van der Waals surface area contributed by atoms with Crippen molar-refractivity contribution in [2.24, 2.45) is 0 Å². The lowest BCUT2D eigenvalue weighted by molar-refractivity contribution is -0.112. The molecule has 1 aromatic carbocycles. The van der Waals surface area contributed by atoms with Crippen molar-refractivity contribution in [1.82, 2.24) is 0 Å². The maximum Gasteiger partial charge on any atom is 0.341 e. The van der Waals surface area contributed by atoms with Gasteiger partial charge in [0.15, 0.2) is 0 Å². The van der Waals surface area contributed by atoms with Crippen molar-refractivity contribution in [2.75, 3.05) is 11.9 Å². The van der Waals surface area contributed by atoms with Gasteiger partial charge in [0.25, 0.3) is 5.91 Å². The average molecular weight is 513 g/mol. The van der Waals surface area contributed by atoms with Crippen LogP contribution < -0.4 is 5.32 Å². The Morgan fingerprint density at radius 1 is 1.25 bits per heavy atom. The fourth-order valence-electron chi connectivity index (χ4n) is 3.02. The molecule has 0 spiro atoms. The van der Waals surface area contributed by atoms with Gasteiger partial charge in [-0.1, -0.05) is 22.0 Å². The molecular formula is C24H21BrN2O4S. The van der Waals surface area contributed by atoms with E-state index in [1.54, 1.807) is 26.0 Å². The Morgan fingerprint density at radius 2 is 2.00 bits per heavy atom. The van der Waals surface area contributed by atoms with E-state index in [0.29, 0.717) is 22.1 Å². The van der Waals surface area contributed by atoms with Crippen LogP contribution in [0.2, 0.25) is 0 Å².